The lowest BCUT2D eigenvalue weighted by Crippen LogP contribution is -1.66. The van der Waals surface area contributed by atoms with Crippen LogP contribution in [-0.2, 0) is 0 Å². The molecule has 1 aliphatic rings. The Morgan fingerprint density at radius 3 is 3.00 bits per heavy atom. The Morgan fingerprint density at radius 1 is 1.62 bits per heavy atom. The molecule has 8 heavy (non-hydrogen) atoms. The summed E-state index contributed by atoms with van der Waals surface area (Å²) >= 11 is 0. The first kappa shape index (κ1) is 5.44. The van der Waals surface area contributed by atoms with Gasteiger partial charge in [0.15, 0.2) is 0 Å². The molecular formula is C8H10. The third-order valence-electron chi connectivity index (χ3n) is 1.33. The average molecular weight is 106 g/mol. The Morgan fingerprint density at radius 2 is 2.50 bits per heavy atom. The van der Waals surface area contributed by atoms with Crippen LogP contribution in [-0.4, -0.2) is 0 Å². The molecule has 0 nitrogen and oxygen atoms in total. The molecule has 0 saturated heterocycles. The van der Waals surface area contributed by atoms with Crippen molar-refractivity contribution in [2.75, 3.05) is 0 Å². The molecule has 0 heterocycles. The highest BCUT2D eigenvalue weighted by molar-refractivity contribution is 5.29. The van der Waals surface area contributed by atoms with E-state index < -0.39 is 0 Å². The third-order valence-corrected chi connectivity index (χ3v) is 1.33. The van der Waals surface area contributed by atoms with Crippen LogP contribution in [0.15, 0.2) is 11.6 Å². The molecule has 0 amide bonds. The molecule has 42 valence electrons. The fourth-order valence-electron chi connectivity index (χ4n) is 0.945. The van der Waals surface area contributed by atoms with Crippen LogP contribution in [0.5, 0.6) is 0 Å². The van der Waals surface area contributed by atoms with Gasteiger partial charge in [-0.1, -0.05) is 12.0 Å². The van der Waals surface area contributed by atoms with Crippen molar-refractivity contribution in [3.8, 4) is 11.8 Å². The third kappa shape index (κ3) is 1.13. The first-order chi connectivity index (χ1) is 3.93. The highest BCUT2D eigenvalue weighted by atomic mass is 14.0. The summed E-state index contributed by atoms with van der Waals surface area (Å²) in [6.45, 7) is 1.89. The van der Waals surface area contributed by atoms with Gasteiger partial charge in [0.05, 0.1) is 0 Å². The summed E-state index contributed by atoms with van der Waals surface area (Å²) in [4.78, 5) is 0. The lowest BCUT2D eigenvalue weighted by molar-refractivity contribution is 0.919. The van der Waals surface area contributed by atoms with Crippen molar-refractivity contribution < 1.29 is 0 Å². The van der Waals surface area contributed by atoms with Gasteiger partial charge in [0.2, 0.25) is 0 Å². The average Bonchev–Trinajstić information content (AvgIpc) is 2.19. The summed E-state index contributed by atoms with van der Waals surface area (Å²) in [7, 11) is 0. The first-order valence-corrected chi connectivity index (χ1v) is 3.05. The summed E-state index contributed by atoms with van der Waals surface area (Å²) in [6.07, 6.45) is 5.99. The van der Waals surface area contributed by atoms with Gasteiger partial charge in [0, 0.05) is 0 Å². The van der Waals surface area contributed by atoms with Gasteiger partial charge in [0.25, 0.3) is 0 Å². The molecule has 0 saturated carbocycles. The second kappa shape index (κ2) is 2.57. The van der Waals surface area contributed by atoms with Crippen molar-refractivity contribution in [2.24, 2.45) is 0 Å². The SMILES string of the molecule is CC#CC1=CCCC1. The van der Waals surface area contributed by atoms with Crippen LogP contribution in [0.4, 0.5) is 0 Å². The Hall–Kier alpha value is -0.700. The molecule has 0 fully saturated rings. The van der Waals surface area contributed by atoms with E-state index >= 15 is 0 Å². The molecule has 0 aromatic carbocycles. The fourth-order valence-corrected chi connectivity index (χ4v) is 0.945. The maximum Gasteiger partial charge on any atom is -0.00196 e. The molecule has 0 bridgehead atoms. The van der Waals surface area contributed by atoms with Crippen LogP contribution in [0.25, 0.3) is 0 Å². The van der Waals surface area contributed by atoms with E-state index in [0.717, 1.165) is 0 Å². The van der Waals surface area contributed by atoms with E-state index in [1.807, 2.05) is 6.92 Å². The largest absolute Gasteiger partial charge is 0.102 e. The number of allylic oxidation sites excluding steroid dienone is 2. The summed E-state index contributed by atoms with van der Waals surface area (Å²) in [5.74, 6) is 5.95. The van der Waals surface area contributed by atoms with Gasteiger partial charge in [-0.3, -0.25) is 0 Å². The van der Waals surface area contributed by atoms with E-state index in [1.54, 1.807) is 0 Å². The quantitative estimate of drug-likeness (QED) is 0.415. The molecule has 0 spiro atoms. The second-order valence-corrected chi connectivity index (χ2v) is 2.00. The lowest BCUT2D eigenvalue weighted by Gasteiger charge is -1.81. The standard InChI is InChI=1S/C8H10/c1-2-5-8-6-3-4-7-8/h6H,3-4,7H2,1H3. The van der Waals surface area contributed by atoms with Crippen molar-refractivity contribution in [2.45, 2.75) is 26.2 Å². The van der Waals surface area contributed by atoms with Crippen LogP contribution in [0.1, 0.15) is 26.2 Å². The molecule has 0 aromatic heterocycles. The van der Waals surface area contributed by atoms with Crippen molar-refractivity contribution in [1.82, 2.24) is 0 Å². The predicted molar refractivity (Wildman–Crippen MR) is 35.4 cm³/mol. The molecule has 1 rings (SSSR count). The fraction of sp³-hybridized carbons (Fsp3) is 0.500. The Kier molecular flexibility index (Phi) is 1.75. The van der Waals surface area contributed by atoms with Crippen LogP contribution in [0.3, 0.4) is 0 Å². The highest BCUT2D eigenvalue weighted by Gasteiger charge is 1.98. The normalized spacial score (nSPS) is 16.9. The van der Waals surface area contributed by atoms with Gasteiger partial charge in [-0.25, -0.2) is 0 Å². The minimum absolute atomic E-state index is 1.21. The summed E-state index contributed by atoms with van der Waals surface area (Å²) in [5.41, 5.74) is 1.34. The van der Waals surface area contributed by atoms with Gasteiger partial charge in [-0.2, -0.15) is 0 Å². The molecule has 0 aromatic rings. The van der Waals surface area contributed by atoms with Crippen molar-refractivity contribution in [3.63, 3.8) is 0 Å². The van der Waals surface area contributed by atoms with E-state index in [2.05, 4.69) is 17.9 Å². The van der Waals surface area contributed by atoms with E-state index in [9.17, 15) is 0 Å². The molecule has 0 N–H and O–H groups in total. The monoisotopic (exact) mass is 106 g/mol. The van der Waals surface area contributed by atoms with E-state index in [-0.39, 0.29) is 0 Å². The van der Waals surface area contributed by atoms with Gasteiger partial charge in [0.1, 0.15) is 0 Å². The van der Waals surface area contributed by atoms with E-state index in [1.165, 1.54) is 24.8 Å². The minimum atomic E-state index is 1.21. The summed E-state index contributed by atoms with van der Waals surface area (Å²) in [5, 5.41) is 0. The molecule has 0 unspecified atom stereocenters. The van der Waals surface area contributed by atoms with Crippen LogP contribution >= 0.6 is 0 Å². The van der Waals surface area contributed by atoms with E-state index in [4.69, 9.17) is 0 Å². The van der Waals surface area contributed by atoms with Crippen LogP contribution in [0, 0.1) is 11.8 Å². The van der Waals surface area contributed by atoms with Crippen LogP contribution in [0.2, 0.25) is 0 Å². The van der Waals surface area contributed by atoms with Crippen molar-refractivity contribution in [1.29, 1.82) is 0 Å². The summed E-state index contributed by atoms with van der Waals surface area (Å²) < 4.78 is 0. The predicted octanol–water partition coefficient (Wildman–Crippen LogP) is 2.12. The zero-order valence-electron chi connectivity index (χ0n) is 5.20. The topological polar surface area (TPSA) is 0 Å². The molecule has 0 atom stereocenters. The van der Waals surface area contributed by atoms with Crippen molar-refractivity contribution >= 4 is 0 Å². The number of rotatable bonds is 0. The number of hydrogen-bond donors (Lipinski definition) is 0. The maximum absolute atomic E-state index is 3.06. The minimum Gasteiger partial charge on any atom is -0.102 e. The Balaban J connectivity index is 2.53. The lowest BCUT2D eigenvalue weighted by atomic mass is 10.2. The van der Waals surface area contributed by atoms with E-state index in [0.29, 0.717) is 0 Å². The maximum atomic E-state index is 3.06. The highest BCUT2D eigenvalue weighted by Crippen LogP contribution is 2.15. The van der Waals surface area contributed by atoms with Crippen molar-refractivity contribution in [3.05, 3.63) is 11.6 Å². The van der Waals surface area contributed by atoms with Gasteiger partial charge in [-0.05, 0) is 31.8 Å². The number of hydrogen-bond acceptors (Lipinski definition) is 0. The van der Waals surface area contributed by atoms with Gasteiger partial charge >= 0.3 is 0 Å². The van der Waals surface area contributed by atoms with Gasteiger partial charge in [-0.15, -0.1) is 5.92 Å². The van der Waals surface area contributed by atoms with Gasteiger partial charge < -0.3 is 0 Å². The molecule has 0 aliphatic heterocycles. The Labute approximate surface area is 50.6 Å². The molecule has 1 aliphatic carbocycles. The summed E-state index contributed by atoms with van der Waals surface area (Å²) in [6, 6.07) is 0. The molecule has 0 heteroatoms. The van der Waals surface area contributed by atoms with Crippen LogP contribution < -0.4 is 0 Å². The zero-order chi connectivity index (χ0) is 5.82. The smallest absolute Gasteiger partial charge is 0.00196 e. The second-order valence-electron chi connectivity index (χ2n) is 2.00. The Bertz CT molecular complexity index is 153. The molecular weight excluding hydrogens is 96.1 g/mol. The zero-order valence-corrected chi connectivity index (χ0v) is 5.20. The first-order valence-electron chi connectivity index (χ1n) is 3.05. The molecule has 0 radical (unpaired) electrons.